The molecule has 0 aromatic carbocycles. The maximum atomic E-state index is 5.75. The van der Waals surface area contributed by atoms with Gasteiger partial charge in [-0.2, -0.15) is 0 Å². The molecule has 1 rings (SSSR count). The summed E-state index contributed by atoms with van der Waals surface area (Å²) in [5, 5.41) is 0. The minimum Gasteiger partial charge on any atom is -0.261 e. The fourth-order valence-corrected chi connectivity index (χ4v) is 1.44. The molecule has 1 atom stereocenters. The number of halogens is 1. The molecule has 0 bridgehead atoms. The number of hydrogen-bond donors (Lipinski definition) is 0. The lowest BCUT2D eigenvalue weighted by atomic mass is 10.1. The quantitative estimate of drug-likeness (QED) is 0.680. The van der Waals surface area contributed by atoms with E-state index in [2.05, 4.69) is 31.0 Å². The number of nitrogens with zero attached hydrogens (tertiary/aromatic N) is 1. The van der Waals surface area contributed by atoms with E-state index in [-0.39, 0.29) is 0 Å². The van der Waals surface area contributed by atoms with Crippen molar-refractivity contribution in [1.82, 2.24) is 4.98 Å². The predicted octanol–water partition coefficient (Wildman–Crippen LogP) is 3.45. The molecule has 0 amide bonds. The van der Waals surface area contributed by atoms with E-state index in [4.69, 9.17) is 11.6 Å². The molecule has 1 unspecified atom stereocenters. The largest absolute Gasteiger partial charge is 0.261 e. The lowest BCUT2D eigenvalue weighted by Crippen LogP contribution is -2.00. The normalized spacial score (nSPS) is 12.8. The van der Waals surface area contributed by atoms with Crippen LogP contribution in [0.15, 0.2) is 18.3 Å². The van der Waals surface area contributed by atoms with Gasteiger partial charge in [-0.1, -0.05) is 19.9 Å². The van der Waals surface area contributed by atoms with Crippen LogP contribution in [0, 0.1) is 5.92 Å². The molecule has 0 aliphatic rings. The van der Waals surface area contributed by atoms with Gasteiger partial charge in [0.25, 0.3) is 0 Å². The first-order valence-corrected chi connectivity index (χ1v) is 5.79. The van der Waals surface area contributed by atoms with Gasteiger partial charge in [0, 0.05) is 17.8 Å². The molecule has 14 heavy (non-hydrogen) atoms. The summed E-state index contributed by atoms with van der Waals surface area (Å²) in [6.45, 7) is 4.32. The Balaban J connectivity index is 2.43. The molecule has 2 heteroatoms. The summed E-state index contributed by atoms with van der Waals surface area (Å²) in [4.78, 5) is 4.41. The molecule has 0 radical (unpaired) electrons. The highest BCUT2D eigenvalue weighted by Gasteiger charge is 2.01. The van der Waals surface area contributed by atoms with Crippen LogP contribution in [0.2, 0.25) is 0 Å². The van der Waals surface area contributed by atoms with Gasteiger partial charge in [-0.05, 0) is 36.8 Å². The fraction of sp³-hybridized carbons (Fsp3) is 0.583. The maximum absolute atomic E-state index is 5.75. The van der Waals surface area contributed by atoms with Gasteiger partial charge in [0.15, 0.2) is 0 Å². The molecule has 0 saturated carbocycles. The van der Waals surface area contributed by atoms with Crippen LogP contribution >= 0.6 is 11.6 Å². The summed E-state index contributed by atoms with van der Waals surface area (Å²) in [6.07, 6.45) is 5.20. The molecule has 1 heterocycles. The van der Waals surface area contributed by atoms with Crippen molar-refractivity contribution in [2.75, 3.05) is 5.88 Å². The summed E-state index contributed by atoms with van der Waals surface area (Å²) in [5.41, 5.74) is 2.48. The summed E-state index contributed by atoms with van der Waals surface area (Å²) >= 11 is 5.75. The van der Waals surface area contributed by atoms with Gasteiger partial charge >= 0.3 is 0 Å². The molecule has 0 aliphatic carbocycles. The zero-order valence-electron chi connectivity index (χ0n) is 8.96. The highest BCUT2D eigenvalue weighted by Crippen LogP contribution is 2.09. The SMILES string of the molecule is CCc1ccc(CCC(C)CCl)nc1. The van der Waals surface area contributed by atoms with Gasteiger partial charge < -0.3 is 0 Å². The molecule has 0 fully saturated rings. The Hall–Kier alpha value is -0.560. The van der Waals surface area contributed by atoms with E-state index in [1.54, 1.807) is 0 Å². The summed E-state index contributed by atoms with van der Waals surface area (Å²) in [5.74, 6) is 1.33. The summed E-state index contributed by atoms with van der Waals surface area (Å²) < 4.78 is 0. The summed E-state index contributed by atoms with van der Waals surface area (Å²) in [6, 6.07) is 4.29. The van der Waals surface area contributed by atoms with Crippen molar-refractivity contribution < 1.29 is 0 Å². The molecule has 0 saturated heterocycles. The van der Waals surface area contributed by atoms with Crippen molar-refractivity contribution >= 4 is 11.6 Å². The molecule has 1 nitrogen and oxygen atoms in total. The number of pyridine rings is 1. The van der Waals surface area contributed by atoms with Crippen molar-refractivity contribution in [3.63, 3.8) is 0 Å². The van der Waals surface area contributed by atoms with Crippen LogP contribution in [0.5, 0.6) is 0 Å². The Morgan fingerprint density at radius 1 is 1.43 bits per heavy atom. The first-order valence-electron chi connectivity index (χ1n) is 5.26. The van der Waals surface area contributed by atoms with Gasteiger partial charge in [-0.25, -0.2) is 0 Å². The van der Waals surface area contributed by atoms with Crippen molar-refractivity contribution in [1.29, 1.82) is 0 Å². The highest BCUT2D eigenvalue weighted by atomic mass is 35.5. The molecule has 78 valence electrons. The highest BCUT2D eigenvalue weighted by molar-refractivity contribution is 6.18. The van der Waals surface area contributed by atoms with Crippen LogP contribution < -0.4 is 0 Å². The summed E-state index contributed by atoms with van der Waals surface area (Å²) in [7, 11) is 0. The van der Waals surface area contributed by atoms with Crippen LogP contribution in [-0.4, -0.2) is 10.9 Å². The Labute approximate surface area is 91.5 Å². The first kappa shape index (κ1) is 11.5. The molecule has 0 N–H and O–H groups in total. The van der Waals surface area contributed by atoms with Crippen molar-refractivity contribution in [3.05, 3.63) is 29.6 Å². The van der Waals surface area contributed by atoms with Crippen LogP contribution in [0.25, 0.3) is 0 Å². The van der Waals surface area contributed by atoms with E-state index < -0.39 is 0 Å². The van der Waals surface area contributed by atoms with Gasteiger partial charge in [0.05, 0.1) is 0 Å². The van der Waals surface area contributed by atoms with E-state index in [1.807, 2.05) is 6.20 Å². The lowest BCUT2D eigenvalue weighted by molar-refractivity contribution is 0.587. The first-order chi connectivity index (χ1) is 6.76. The monoisotopic (exact) mass is 211 g/mol. The molecular weight excluding hydrogens is 194 g/mol. The third-order valence-electron chi connectivity index (χ3n) is 2.45. The third kappa shape index (κ3) is 3.67. The zero-order valence-corrected chi connectivity index (χ0v) is 9.72. The Bertz CT molecular complexity index is 256. The second kappa shape index (κ2) is 6.02. The van der Waals surface area contributed by atoms with Crippen LogP contribution in [0.1, 0.15) is 31.5 Å². The topological polar surface area (TPSA) is 12.9 Å². The van der Waals surface area contributed by atoms with Crippen LogP contribution in [-0.2, 0) is 12.8 Å². The second-order valence-electron chi connectivity index (χ2n) is 3.81. The second-order valence-corrected chi connectivity index (χ2v) is 4.12. The van der Waals surface area contributed by atoms with E-state index in [1.165, 1.54) is 11.3 Å². The van der Waals surface area contributed by atoms with Crippen LogP contribution in [0.4, 0.5) is 0 Å². The predicted molar refractivity (Wildman–Crippen MR) is 61.8 cm³/mol. The standard InChI is InChI=1S/C12H18ClN/c1-3-11-5-7-12(14-9-11)6-4-10(2)8-13/h5,7,9-10H,3-4,6,8H2,1-2H3. The Morgan fingerprint density at radius 3 is 2.71 bits per heavy atom. The number of aryl methyl sites for hydroxylation is 2. The molecular formula is C12H18ClN. The average Bonchev–Trinajstić information content (AvgIpc) is 2.26. The Kier molecular flexibility index (Phi) is 4.95. The van der Waals surface area contributed by atoms with Gasteiger partial charge in [-0.3, -0.25) is 4.98 Å². The number of rotatable bonds is 5. The fourth-order valence-electron chi connectivity index (χ4n) is 1.28. The van der Waals surface area contributed by atoms with E-state index >= 15 is 0 Å². The minimum atomic E-state index is 0.587. The minimum absolute atomic E-state index is 0.587. The third-order valence-corrected chi connectivity index (χ3v) is 2.98. The van der Waals surface area contributed by atoms with Crippen molar-refractivity contribution in [2.45, 2.75) is 33.1 Å². The maximum Gasteiger partial charge on any atom is 0.0403 e. The smallest absolute Gasteiger partial charge is 0.0403 e. The van der Waals surface area contributed by atoms with Gasteiger partial charge in [-0.15, -0.1) is 11.6 Å². The van der Waals surface area contributed by atoms with Gasteiger partial charge in [0.2, 0.25) is 0 Å². The number of alkyl halides is 1. The van der Waals surface area contributed by atoms with Crippen molar-refractivity contribution in [2.24, 2.45) is 5.92 Å². The van der Waals surface area contributed by atoms with E-state index in [0.717, 1.165) is 25.1 Å². The zero-order chi connectivity index (χ0) is 10.4. The van der Waals surface area contributed by atoms with Gasteiger partial charge in [0.1, 0.15) is 0 Å². The molecule has 1 aromatic rings. The number of aromatic nitrogens is 1. The molecule has 0 spiro atoms. The lowest BCUT2D eigenvalue weighted by Gasteiger charge is -2.06. The molecule has 1 aromatic heterocycles. The van der Waals surface area contributed by atoms with E-state index in [0.29, 0.717) is 5.92 Å². The van der Waals surface area contributed by atoms with E-state index in [9.17, 15) is 0 Å². The van der Waals surface area contributed by atoms with Crippen molar-refractivity contribution in [3.8, 4) is 0 Å². The average molecular weight is 212 g/mol. The van der Waals surface area contributed by atoms with Crippen LogP contribution in [0.3, 0.4) is 0 Å². The number of hydrogen-bond acceptors (Lipinski definition) is 1. The Morgan fingerprint density at radius 2 is 2.21 bits per heavy atom. The molecule has 0 aliphatic heterocycles.